The van der Waals surface area contributed by atoms with Crippen molar-refractivity contribution in [2.75, 3.05) is 7.11 Å². The number of rotatable bonds is 4. The van der Waals surface area contributed by atoms with Gasteiger partial charge in [0.1, 0.15) is 17.5 Å². The van der Waals surface area contributed by atoms with Gasteiger partial charge in [-0.2, -0.15) is 0 Å². The zero-order chi connectivity index (χ0) is 22.4. The van der Waals surface area contributed by atoms with Gasteiger partial charge in [0.15, 0.2) is 0 Å². The Labute approximate surface area is 187 Å². The predicted molar refractivity (Wildman–Crippen MR) is 114 cm³/mol. The van der Waals surface area contributed by atoms with Crippen LogP contribution in [0.25, 0.3) is 16.9 Å². The van der Waals surface area contributed by atoms with Crippen molar-refractivity contribution in [3.05, 3.63) is 58.7 Å². The van der Waals surface area contributed by atoms with Crippen LogP contribution in [0.1, 0.15) is 28.8 Å². The molecule has 3 amide bonds. The zero-order valence-electron chi connectivity index (χ0n) is 17.0. The molecule has 1 N–H and O–H groups in total. The molecule has 1 saturated heterocycles. The molecule has 10 heteroatoms. The molecule has 0 bridgehead atoms. The van der Waals surface area contributed by atoms with E-state index in [1.54, 1.807) is 42.3 Å². The topological polar surface area (TPSA) is 106 Å². The molecule has 1 fully saturated rings. The summed E-state index contributed by atoms with van der Waals surface area (Å²) in [5.41, 5.74) is 3.35. The molecule has 0 saturated carbocycles. The summed E-state index contributed by atoms with van der Waals surface area (Å²) in [6, 6.07) is 10.0. The molecule has 2 aromatic carbocycles. The minimum Gasteiger partial charge on any atom is -0.495 e. The number of piperidine rings is 1. The van der Waals surface area contributed by atoms with Gasteiger partial charge in [0.05, 0.1) is 24.0 Å². The van der Waals surface area contributed by atoms with Gasteiger partial charge >= 0.3 is 0 Å². The fourth-order valence-electron chi connectivity index (χ4n) is 4.12. The Kier molecular flexibility index (Phi) is 4.90. The lowest BCUT2D eigenvalue weighted by Crippen LogP contribution is -2.52. The number of halogens is 1. The number of hydrogen-bond acceptors (Lipinski definition) is 6. The predicted octanol–water partition coefficient (Wildman–Crippen LogP) is 2.36. The van der Waals surface area contributed by atoms with Crippen LogP contribution in [0.15, 0.2) is 42.6 Å². The molecule has 3 aromatic rings. The van der Waals surface area contributed by atoms with Crippen molar-refractivity contribution in [1.82, 2.24) is 25.2 Å². The molecule has 5 rings (SSSR count). The van der Waals surface area contributed by atoms with Gasteiger partial charge in [0.2, 0.25) is 11.8 Å². The molecule has 2 aliphatic rings. The van der Waals surface area contributed by atoms with Crippen LogP contribution >= 0.6 is 11.6 Å². The van der Waals surface area contributed by atoms with E-state index in [4.69, 9.17) is 16.3 Å². The monoisotopic (exact) mass is 451 g/mol. The first kappa shape index (κ1) is 20.2. The Morgan fingerprint density at radius 3 is 2.78 bits per heavy atom. The first-order valence-corrected chi connectivity index (χ1v) is 10.4. The Bertz CT molecular complexity index is 1270. The average molecular weight is 452 g/mol. The number of fused-ring (bicyclic) bond motifs is 1. The number of hydrogen-bond donors (Lipinski definition) is 1. The van der Waals surface area contributed by atoms with Crippen molar-refractivity contribution in [3.8, 4) is 22.7 Å². The molecular weight excluding hydrogens is 434 g/mol. The highest BCUT2D eigenvalue weighted by Crippen LogP contribution is 2.33. The molecule has 162 valence electrons. The maximum absolute atomic E-state index is 13.0. The molecule has 3 heterocycles. The van der Waals surface area contributed by atoms with E-state index >= 15 is 0 Å². The minimum absolute atomic E-state index is 0.209. The Morgan fingerprint density at radius 1 is 1.19 bits per heavy atom. The van der Waals surface area contributed by atoms with E-state index in [0.29, 0.717) is 34.1 Å². The number of carbonyl (C=O) groups is 3. The summed E-state index contributed by atoms with van der Waals surface area (Å²) in [5.74, 6) is -0.428. The van der Waals surface area contributed by atoms with Gasteiger partial charge in [-0.05, 0) is 36.8 Å². The molecule has 1 atom stereocenters. The van der Waals surface area contributed by atoms with Crippen LogP contribution in [0.3, 0.4) is 0 Å². The highest BCUT2D eigenvalue weighted by Gasteiger charge is 2.40. The number of nitrogens with zero attached hydrogens (tertiary/aromatic N) is 4. The number of benzene rings is 2. The lowest BCUT2D eigenvalue weighted by Gasteiger charge is -2.29. The van der Waals surface area contributed by atoms with Crippen LogP contribution in [0.4, 0.5) is 0 Å². The molecular formula is C22H18ClN5O4. The van der Waals surface area contributed by atoms with Crippen LogP contribution in [0, 0.1) is 0 Å². The standard InChI is InChI=1S/C22H18ClN5O4/c1-32-19-7-5-12(9-15(19)23)16-11-28(26-25-16)17-4-2-3-13-14(17)10-27(22(13)31)18-6-8-20(29)24-21(18)30/h2-5,7,9,11,18H,6,8,10H2,1H3,(H,24,29,30). The Hall–Kier alpha value is -3.72. The van der Waals surface area contributed by atoms with Gasteiger partial charge < -0.3 is 9.64 Å². The smallest absolute Gasteiger partial charge is 0.255 e. The first-order chi connectivity index (χ1) is 15.5. The first-order valence-electron chi connectivity index (χ1n) is 9.99. The Balaban J connectivity index is 1.46. The maximum atomic E-state index is 13.0. The molecule has 1 unspecified atom stereocenters. The van der Waals surface area contributed by atoms with E-state index in [-0.39, 0.29) is 24.8 Å². The Morgan fingerprint density at radius 2 is 2.03 bits per heavy atom. The maximum Gasteiger partial charge on any atom is 0.255 e. The van der Waals surface area contributed by atoms with E-state index in [1.807, 2.05) is 12.1 Å². The summed E-state index contributed by atoms with van der Waals surface area (Å²) >= 11 is 6.23. The number of ether oxygens (including phenoxy) is 1. The second-order valence-corrected chi connectivity index (χ2v) is 8.01. The van der Waals surface area contributed by atoms with Gasteiger partial charge in [0, 0.05) is 29.7 Å². The van der Waals surface area contributed by atoms with Crippen LogP contribution in [0.5, 0.6) is 5.75 Å². The van der Waals surface area contributed by atoms with Crippen LogP contribution < -0.4 is 10.1 Å². The summed E-state index contributed by atoms with van der Waals surface area (Å²) in [6.45, 7) is 0.250. The fourth-order valence-corrected chi connectivity index (χ4v) is 4.38. The summed E-state index contributed by atoms with van der Waals surface area (Å²) in [5, 5.41) is 11.3. The van der Waals surface area contributed by atoms with Gasteiger partial charge in [-0.3, -0.25) is 19.7 Å². The van der Waals surface area contributed by atoms with Gasteiger partial charge in [-0.25, -0.2) is 4.68 Å². The van der Waals surface area contributed by atoms with Crippen LogP contribution in [0.2, 0.25) is 5.02 Å². The van der Waals surface area contributed by atoms with Crippen LogP contribution in [-0.4, -0.2) is 50.8 Å². The average Bonchev–Trinajstić information content (AvgIpc) is 3.39. The molecule has 0 spiro atoms. The third-order valence-corrected chi connectivity index (χ3v) is 6.04. The third-order valence-electron chi connectivity index (χ3n) is 5.75. The number of carbonyl (C=O) groups excluding carboxylic acids is 3. The lowest BCUT2D eigenvalue weighted by molar-refractivity contribution is -0.136. The van der Waals surface area contributed by atoms with Gasteiger partial charge in [-0.15, -0.1) is 5.10 Å². The summed E-state index contributed by atoms with van der Waals surface area (Å²) in [7, 11) is 1.55. The van der Waals surface area contributed by atoms with Crippen LogP contribution in [-0.2, 0) is 16.1 Å². The normalized spacial score (nSPS) is 18.0. The van der Waals surface area contributed by atoms with Crippen molar-refractivity contribution in [1.29, 1.82) is 0 Å². The lowest BCUT2D eigenvalue weighted by atomic mass is 10.0. The van der Waals surface area contributed by atoms with Crippen molar-refractivity contribution in [2.45, 2.75) is 25.4 Å². The SMILES string of the molecule is COc1ccc(-c2cn(-c3cccc4c3CN(C3CCC(=O)NC3=O)C4=O)nn2)cc1Cl. The highest BCUT2D eigenvalue weighted by atomic mass is 35.5. The van der Waals surface area contributed by atoms with E-state index in [2.05, 4.69) is 15.6 Å². The number of amides is 3. The van der Waals surface area contributed by atoms with Crippen molar-refractivity contribution in [3.63, 3.8) is 0 Å². The number of imide groups is 1. The van der Waals surface area contributed by atoms with E-state index < -0.39 is 11.9 Å². The van der Waals surface area contributed by atoms with E-state index in [1.165, 1.54) is 4.90 Å². The second-order valence-electron chi connectivity index (χ2n) is 7.60. The summed E-state index contributed by atoms with van der Waals surface area (Å²) in [6.07, 6.45) is 2.28. The molecule has 2 aliphatic heterocycles. The molecule has 0 radical (unpaired) electrons. The van der Waals surface area contributed by atoms with E-state index in [9.17, 15) is 14.4 Å². The number of methoxy groups -OCH3 is 1. The molecule has 1 aromatic heterocycles. The van der Waals surface area contributed by atoms with E-state index in [0.717, 1.165) is 11.1 Å². The molecule has 9 nitrogen and oxygen atoms in total. The van der Waals surface area contributed by atoms with Crippen molar-refractivity contribution >= 4 is 29.3 Å². The largest absolute Gasteiger partial charge is 0.495 e. The van der Waals surface area contributed by atoms with Gasteiger partial charge in [-0.1, -0.05) is 22.9 Å². The number of aromatic nitrogens is 3. The quantitative estimate of drug-likeness (QED) is 0.610. The molecule has 32 heavy (non-hydrogen) atoms. The minimum atomic E-state index is -0.673. The third kappa shape index (κ3) is 3.31. The van der Waals surface area contributed by atoms with Crippen molar-refractivity contribution < 1.29 is 19.1 Å². The number of nitrogens with one attached hydrogen (secondary N) is 1. The highest BCUT2D eigenvalue weighted by molar-refractivity contribution is 6.32. The zero-order valence-corrected chi connectivity index (χ0v) is 17.8. The van der Waals surface area contributed by atoms with Gasteiger partial charge in [0.25, 0.3) is 5.91 Å². The second kappa shape index (κ2) is 7.76. The summed E-state index contributed by atoms with van der Waals surface area (Å²) < 4.78 is 6.79. The summed E-state index contributed by atoms with van der Waals surface area (Å²) in [4.78, 5) is 38.3. The fraction of sp³-hybridized carbons (Fsp3) is 0.227. The molecule has 0 aliphatic carbocycles. The van der Waals surface area contributed by atoms with Crippen molar-refractivity contribution in [2.24, 2.45) is 0 Å².